The number of pyridine rings is 1. The van der Waals surface area contributed by atoms with Gasteiger partial charge in [-0.25, -0.2) is 4.98 Å². The van der Waals surface area contributed by atoms with Gasteiger partial charge >= 0.3 is 0 Å². The summed E-state index contributed by atoms with van der Waals surface area (Å²) in [5.41, 5.74) is 4.84. The van der Waals surface area contributed by atoms with E-state index in [1.165, 1.54) is 0 Å². The normalized spacial score (nSPS) is 22.2. The van der Waals surface area contributed by atoms with Crippen molar-refractivity contribution in [3.8, 4) is 0 Å². The molecule has 1 amide bonds. The number of nitro groups is 1. The van der Waals surface area contributed by atoms with Gasteiger partial charge < -0.3 is 15.8 Å². The zero-order chi connectivity index (χ0) is 14.0. The molecule has 1 aliphatic heterocycles. The maximum absolute atomic E-state index is 12.1. The smallest absolute Gasteiger partial charge is 0.288 e. The summed E-state index contributed by atoms with van der Waals surface area (Å²) in [6.07, 6.45) is 1.70. The molecule has 0 saturated carbocycles. The number of nitrogens with one attached hydrogen (secondary N) is 1. The van der Waals surface area contributed by atoms with E-state index in [1.807, 2.05) is 6.92 Å². The number of nitrogen functional groups attached to an aromatic ring is 1. The summed E-state index contributed by atoms with van der Waals surface area (Å²) in [5.74, 6) is -0.521. The average Bonchev–Trinajstić information content (AvgIpc) is 2.75. The summed E-state index contributed by atoms with van der Waals surface area (Å²) in [4.78, 5) is 25.8. The highest BCUT2D eigenvalue weighted by Crippen LogP contribution is 2.21. The minimum atomic E-state index is -0.621. The second-order valence-electron chi connectivity index (χ2n) is 4.70. The van der Waals surface area contributed by atoms with E-state index in [2.05, 4.69) is 10.3 Å². The summed E-state index contributed by atoms with van der Waals surface area (Å²) in [6, 6.07) is 1.12. The number of nitrogens with zero attached hydrogens (tertiary/aromatic N) is 2. The van der Waals surface area contributed by atoms with Crippen molar-refractivity contribution in [1.29, 1.82) is 0 Å². The lowest BCUT2D eigenvalue weighted by Gasteiger charge is -2.23. The molecule has 1 aliphatic rings. The molecule has 2 heterocycles. The summed E-state index contributed by atoms with van der Waals surface area (Å²) >= 11 is 0. The van der Waals surface area contributed by atoms with Crippen molar-refractivity contribution >= 4 is 17.4 Å². The molecule has 19 heavy (non-hydrogen) atoms. The lowest BCUT2D eigenvalue weighted by atomic mass is 10.0. The molecule has 1 saturated heterocycles. The molecule has 1 fully saturated rings. The van der Waals surface area contributed by atoms with Crippen molar-refractivity contribution in [3.63, 3.8) is 0 Å². The molecule has 102 valence electrons. The Morgan fingerprint density at radius 2 is 2.42 bits per heavy atom. The van der Waals surface area contributed by atoms with E-state index in [0.29, 0.717) is 19.6 Å². The zero-order valence-electron chi connectivity index (χ0n) is 10.4. The molecular formula is C11H14N4O4. The Morgan fingerprint density at radius 3 is 3.00 bits per heavy atom. The minimum Gasteiger partial charge on any atom is -0.383 e. The molecule has 1 aromatic rings. The molecule has 0 bridgehead atoms. The van der Waals surface area contributed by atoms with Crippen molar-refractivity contribution < 1.29 is 14.5 Å². The second kappa shape index (κ2) is 4.81. The molecule has 0 aromatic carbocycles. The zero-order valence-corrected chi connectivity index (χ0v) is 10.4. The van der Waals surface area contributed by atoms with Crippen LogP contribution >= 0.6 is 0 Å². The Bertz CT molecular complexity index is 525. The fraction of sp³-hybridized carbons (Fsp3) is 0.455. The number of carbonyl (C=O) groups excluding carboxylic acids is 1. The topological polar surface area (TPSA) is 120 Å². The summed E-state index contributed by atoms with van der Waals surface area (Å²) in [5, 5.41) is 13.4. The van der Waals surface area contributed by atoms with Crippen LogP contribution in [0.5, 0.6) is 0 Å². The van der Waals surface area contributed by atoms with Gasteiger partial charge in [0.15, 0.2) is 0 Å². The molecule has 8 heteroatoms. The molecule has 2 rings (SSSR count). The molecule has 1 atom stereocenters. The average molecular weight is 266 g/mol. The van der Waals surface area contributed by atoms with E-state index in [-0.39, 0.29) is 17.1 Å². The van der Waals surface area contributed by atoms with Crippen LogP contribution in [0.15, 0.2) is 12.3 Å². The molecule has 0 radical (unpaired) electrons. The van der Waals surface area contributed by atoms with Gasteiger partial charge in [0.25, 0.3) is 11.6 Å². The summed E-state index contributed by atoms with van der Waals surface area (Å²) in [7, 11) is 0. The first-order valence-electron chi connectivity index (χ1n) is 5.71. The monoisotopic (exact) mass is 266 g/mol. The fourth-order valence-corrected chi connectivity index (χ4v) is 1.85. The number of anilines is 1. The van der Waals surface area contributed by atoms with E-state index < -0.39 is 16.4 Å². The van der Waals surface area contributed by atoms with Crippen LogP contribution in [0, 0.1) is 10.1 Å². The Balaban J connectivity index is 2.23. The van der Waals surface area contributed by atoms with E-state index in [9.17, 15) is 14.9 Å². The van der Waals surface area contributed by atoms with Crippen LogP contribution in [0.25, 0.3) is 0 Å². The van der Waals surface area contributed by atoms with Gasteiger partial charge in [0, 0.05) is 12.7 Å². The maximum Gasteiger partial charge on any atom is 0.288 e. The van der Waals surface area contributed by atoms with E-state index in [4.69, 9.17) is 10.5 Å². The van der Waals surface area contributed by atoms with Gasteiger partial charge in [0.05, 0.1) is 22.6 Å². The highest BCUT2D eigenvalue weighted by atomic mass is 16.6. The predicted octanol–water partition coefficient (Wildman–Crippen LogP) is 0.481. The van der Waals surface area contributed by atoms with Gasteiger partial charge in [-0.05, 0) is 13.3 Å². The highest BCUT2D eigenvalue weighted by molar-refractivity contribution is 5.99. The van der Waals surface area contributed by atoms with Gasteiger partial charge in [-0.1, -0.05) is 0 Å². The van der Waals surface area contributed by atoms with Crippen molar-refractivity contribution in [1.82, 2.24) is 10.3 Å². The van der Waals surface area contributed by atoms with Gasteiger partial charge in [-0.3, -0.25) is 14.9 Å². The molecule has 8 nitrogen and oxygen atoms in total. The Morgan fingerprint density at radius 1 is 1.68 bits per heavy atom. The summed E-state index contributed by atoms with van der Waals surface area (Å²) in [6.45, 7) is 2.82. The second-order valence-corrected chi connectivity index (χ2v) is 4.70. The number of rotatable bonds is 3. The first kappa shape index (κ1) is 13.2. The van der Waals surface area contributed by atoms with Crippen molar-refractivity contribution in [3.05, 3.63) is 27.9 Å². The molecular weight excluding hydrogens is 252 g/mol. The van der Waals surface area contributed by atoms with E-state index >= 15 is 0 Å². The lowest BCUT2D eigenvalue weighted by molar-refractivity contribution is -0.385. The quantitative estimate of drug-likeness (QED) is 0.606. The lowest BCUT2D eigenvalue weighted by Crippen LogP contribution is -2.46. The van der Waals surface area contributed by atoms with E-state index in [1.54, 1.807) is 0 Å². The predicted molar refractivity (Wildman–Crippen MR) is 66.6 cm³/mol. The third kappa shape index (κ3) is 2.79. The maximum atomic E-state index is 12.1. The number of ether oxygens (including phenoxy) is 1. The SMILES string of the molecule is CC1(NC(=O)c2cc([N+](=O)[O-])cnc2N)CCOC1. The van der Waals surface area contributed by atoms with Gasteiger partial charge in [0.2, 0.25) is 0 Å². The number of hydrogen-bond donors (Lipinski definition) is 2. The first-order chi connectivity index (χ1) is 8.91. The first-order valence-corrected chi connectivity index (χ1v) is 5.71. The van der Waals surface area contributed by atoms with Crippen LogP contribution in [0.2, 0.25) is 0 Å². The number of aromatic nitrogens is 1. The van der Waals surface area contributed by atoms with Crippen LogP contribution in [0.3, 0.4) is 0 Å². The van der Waals surface area contributed by atoms with Gasteiger partial charge in [0.1, 0.15) is 12.0 Å². The van der Waals surface area contributed by atoms with Crippen LogP contribution in [0.1, 0.15) is 23.7 Å². The molecule has 3 N–H and O–H groups in total. The van der Waals surface area contributed by atoms with Crippen LogP contribution in [0.4, 0.5) is 11.5 Å². The van der Waals surface area contributed by atoms with Crippen LogP contribution in [-0.2, 0) is 4.74 Å². The third-order valence-corrected chi connectivity index (χ3v) is 2.99. The molecule has 0 spiro atoms. The van der Waals surface area contributed by atoms with Crippen molar-refractivity contribution in [2.45, 2.75) is 18.9 Å². The van der Waals surface area contributed by atoms with Gasteiger partial charge in [-0.2, -0.15) is 0 Å². The number of carbonyl (C=O) groups is 1. The van der Waals surface area contributed by atoms with Crippen molar-refractivity contribution in [2.75, 3.05) is 18.9 Å². The third-order valence-electron chi connectivity index (χ3n) is 2.99. The number of hydrogen-bond acceptors (Lipinski definition) is 6. The van der Waals surface area contributed by atoms with Crippen LogP contribution < -0.4 is 11.1 Å². The molecule has 0 aliphatic carbocycles. The van der Waals surface area contributed by atoms with Gasteiger partial charge in [-0.15, -0.1) is 0 Å². The summed E-state index contributed by atoms with van der Waals surface area (Å²) < 4.78 is 5.22. The fourth-order valence-electron chi connectivity index (χ4n) is 1.85. The number of amides is 1. The Labute approximate surface area is 109 Å². The standard InChI is InChI=1S/C11H14N4O4/c1-11(2-3-19-6-11)14-10(16)8-4-7(15(17)18)5-13-9(8)12/h4-5H,2-3,6H2,1H3,(H2,12,13)(H,14,16). The Kier molecular flexibility index (Phi) is 3.34. The highest BCUT2D eigenvalue weighted by Gasteiger charge is 2.32. The molecule has 1 aromatic heterocycles. The largest absolute Gasteiger partial charge is 0.383 e. The van der Waals surface area contributed by atoms with Crippen molar-refractivity contribution in [2.24, 2.45) is 0 Å². The minimum absolute atomic E-state index is 0.00215. The Hall–Kier alpha value is -2.22. The van der Waals surface area contributed by atoms with E-state index in [0.717, 1.165) is 12.3 Å². The number of nitrogens with two attached hydrogens (primary N) is 1. The van der Waals surface area contributed by atoms with Crippen LogP contribution in [-0.4, -0.2) is 34.6 Å². The molecule has 1 unspecified atom stereocenters.